The number of unbranched alkanes of at least 4 members (excludes halogenated alkanes) is 3. The minimum Gasteiger partial charge on any atom is -0.392 e. The van der Waals surface area contributed by atoms with Crippen molar-refractivity contribution in [3.05, 3.63) is 59.2 Å². The zero-order valence-corrected chi connectivity index (χ0v) is 19.6. The molecule has 1 saturated carbocycles. The molecule has 0 bridgehead atoms. The molecule has 31 heavy (non-hydrogen) atoms. The monoisotopic (exact) mass is 425 g/mol. The van der Waals surface area contributed by atoms with Gasteiger partial charge in [-0.25, -0.2) is 0 Å². The molecule has 3 heteroatoms. The zero-order valence-electron chi connectivity index (χ0n) is 19.6. The van der Waals surface area contributed by atoms with Crippen molar-refractivity contribution in [1.82, 2.24) is 5.32 Å². The summed E-state index contributed by atoms with van der Waals surface area (Å²) in [7, 11) is 0. The molecular formula is C28H43NO2. The predicted molar refractivity (Wildman–Crippen MR) is 130 cm³/mol. The van der Waals surface area contributed by atoms with Gasteiger partial charge in [-0.15, -0.1) is 0 Å². The zero-order chi connectivity index (χ0) is 22.1. The minimum atomic E-state index is -0.493. The van der Waals surface area contributed by atoms with Gasteiger partial charge in [-0.1, -0.05) is 73.4 Å². The molecule has 2 aliphatic rings. The molecule has 1 aromatic carbocycles. The third-order valence-electron chi connectivity index (χ3n) is 7.09. The normalized spacial score (nSPS) is 26.4. The molecule has 0 aliphatic heterocycles. The molecular weight excluding hydrogens is 382 g/mol. The van der Waals surface area contributed by atoms with Gasteiger partial charge in [-0.3, -0.25) is 0 Å². The van der Waals surface area contributed by atoms with Gasteiger partial charge >= 0.3 is 0 Å². The summed E-state index contributed by atoms with van der Waals surface area (Å²) in [6.45, 7) is 6.62. The van der Waals surface area contributed by atoms with E-state index < -0.39 is 6.10 Å². The second kappa shape index (κ2) is 12.6. The van der Waals surface area contributed by atoms with E-state index in [1.54, 1.807) is 5.57 Å². The van der Waals surface area contributed by atoms with E-state index in [0.29, 0.717) is 18.3 Å². The lowest BCUT2D eigenvalue weighted by Gasteiger charge is -2.19. The van der Waals surface area contributed by atoms with Crippen LogP contribution in [0.15, 0.2) is 48.1 Å². The number of hydrogen-bond donors (Lipinski definition) is 3. The van der Waals surface area contributed by atoms with Crippen LogP contribution in [0.2, 0.25) is 0 Å². The quantitative estimate of drug-likeness (QED) is 0.295. The van der Waals surface area contributed by atoms with Crippen molar-refractivity contribution in [2.75, 3.05) is 13.1 Å². The van der Waals surface area contributed by atoms with Crippen LogP contribution in [0.3, 0.4) is 0 Å². The van der Waals surface area contributed by atoms with Crippen molar-refractivity contribution < 1.29 is 10.2 Å². The number of fused-ring (bicyclic) bond motifs is 1. The number of aliphatic hydroxyl groups is 2. The first kappa shape index (κ1) is 24.2. The summed E-state index contributed by atoms with van der Waals surface area (Å²) < 4.78 is 0. The Morgan fingerprint density at radius 3 is 2.81 bits per heavy atom. The molecule has 1 aromatic rings. The largest absolute Gasteiger partial charge is 0.392 e. The lowest BCUT2D eigenvalue weighted by atomic mass is 9.88. The van der Waals surface area contributed by atoms with Gasteiger partial charge in [0.25, 0.3) is 0 Å². The van der Waals surface area contributed by atoms with Crippen LogP contribution >= 0.6 is 0 Å². The Balaban J connectivity index is 1.39. The SMILES string of the molecule is CCCCNCCCCCC1=C[C@H]2C[C@@H](O)[C@H](C=C[C@H](O)Cc3cccc(C)c3)[C@H]2C1. The molecule has 5 atom stereocenters. The molecule has 0 radical (unpaired) electrons. The van der Waals surface area contributed by atoms with E-state index in [2.05, 4.69) is 49.5 Å². The highest BCUT2D eigenvalue weighted by molar-refractivity contribution is 5.24. The summed E-state index contributed by atoms with van der Waals surface area (Å²) in [4.78, 5) is 0. The Bertz CT molecular complexity index is 725. The Labute approximate surface area is 189 Å². The Morgan fingerprint density at radius 1 is 1.16 bits per heavy atom. The van der Waals surface area contributed by atoms with Gasteiger partial charge in [-0.05, 0) is 75.9 Å². The summed E-state index contributed by atoms with van der Waals surface area (Å²) in [6.07, 6.45) is 15.9. The number of benzene rings is 1. The second-order valence-corrected chi connectivity index (χ2v) is 9.80. The van der Waals surface area contributed by atoms with E-state index in [1.165, 1.54) is 44.1 Å². The molecule has 1 fully saturated rings. The number of aliphatic hydroxyl groups excluding tert-OH is 2. The maximum absolute atomic E-state index is 10.6. The van der Waals surface area contributed by atoms with Crippen molar-refractivity contribution in [2.24, 2.45) is 17.8 Å². The average Bonchev–Trinajstić information content (AvgIpc) is 3.24. The van der Waals surface area contributed by atoms with E-state index in [-0.39, 0.29) is 12.0 Å². The van der Waals surface area contributed by atoms with Crippen LogP contribution in [0.4, 0.5) is 0 Å². The van der Waals surface area contributed by atoms with Crippen molar-refractivity contribution in [3.63, 3.8) is 0 Å². The van der Waals surface area contributed by atoms with E-state index in [1.807, 2.05) is 12.1 Å². The van der Waals surface area contributed by atoms with Crippen LogP contribution in [0, 0.1) is 24.7 Å². The van der Waals surface area contributed by atoms with Crippen molar-refractivity contribution in [3.8, 4) is 0 Å². The van der Waals surface area contributed by atoms with Gasteiger partial charge in [-0.2, -0.15) is 0 Å². The second-order valence-electron chi connectivity index (χ2n) is 9.80. The molecule has 0 spiro atoms. The standard InChI is InChI=1S/C28H43NO2/c1-3-4-14-29-15-7-5-6-10-23-17-24-20-28(31)26(27(24)19-23)13-12-25(30)18-22-11-8-9-21(2)16-22/h8-9,11-13,16-17,24-31H,3-7,10,14-15,18-20H2,1-2H3/t24-,25-,26+,27-,28+/m0/s1. The fraction of sp³-hybridized carbons (Fsp3) is 0.643. The van der Waals surface area contributed by atoms with Crippen LogP contribution in [0.25, 0.3) is 0 Å². The van der Waals surface area contributed by atoms with Gasteiger partial charge in [0.15, 0.2) is 0 Å². The summed E-state index contributed by atoms with van der Waals surface area (Å²) in [5, 5.41) is 24.6. The molecule has 3 nitrogen and oxygen atoms in total. The number of nitrogens with one attached hydrogen (secondary N) is 1. The summed E-state index contributed by atoms with van der Waals surface area (Å²) in [6, 6.07) is 8.32. The molecule has 3 N–H and O–H groups in total. The maximum atomic E-state index is 10.6. The number of rotatable bonds is 13. The molecule has 3 rings (SSSR count). The first-order valence-electron chi connectivity index (χ1n) is 12.6. The first-order chi connectivity index (χ1) is 15.1. The molecule has 0 heterocycles. The molecule has 0 saturated heterocycles. The van der Waals surface area contributed by atoms with Gasteiger partial charge in [0.1, 0.15) is 0 Å². The third kappa shape index (κ3) is 7.59. The smallest absolute Gasteiger partial charge is 0.0761 e. The third-order valence-corrected chi connectivity index (χ3v) is 7.09. The molecule has 2 aliphatic carbocycles. The van der Waals surface area contributed by atoms with E-state index in [9.17, 15) is 10.2 Å². The average molecular weight is 426 g/mol. The van der Waals surface area contributed by atoms with Crippen LogP contribution in [0.5, 0.6) is 0 Å². The Morgan fingerprint density at radius 2 is 2.00 bits per heavy atom. The summed E-state index contributed by atoms with van der Waals surface area (Å²) in [5.41, 5.74) is 3.98. The van der Waals surface area contributed by atoms with E-state index in [0.717, 1.165) is 31.5 Å². The van der Waals surface area contributed by atoms with Crippen molar-refractivity contribution >= 4 is 0 Å². The maximum Gasteiger partial charge on any atom is 0.0761 e. The van der Waals surface area contributed by atoms with Gasteiger partial charge in [0, 0.05) is 12.3 Å². The predicted octanol–water partition coefficient (Wildman–Crippen LogP) is 5.35. The number of aryl methyl sites for hydroxylation is 1. The van der Waals surface area contributed by atoms with Crippen molar-refractivity contribution in [1.29, 1.82) is 0 Å². The van der Waals surface area contributed by atoms with Crippen LogP contribution in [-0.2, 0) is 6.42 Å². The van der Waals surface area contributed by atoms with E-state index >= 15 is 0 Å². The lowest BCUT2D eigenvalue weighted by molar-refractivity contribution is 0.140. The van der Waals surface area contributed by atoms with Crippen molar-refractivity contribution in [2.45, 2.75) is 83.8 Å². The van der Waals surface area contributed by atoms with Crippen LogP contribution in [-0.4, -0.2) is 35.5 Å². The molecule has 0 unspecified atom stereocenters. The Hall–Kier alpha value is -1.42. The summed E-state index contributed by atoms with van der Waals surface area (Å²) >= 11 is 0. The molecule has 172 valence electrons. The Kier molecular flexibility index (Phi) is 9.83. The van der Waals surface area contributed by atoms with Gasteiger partial charge < -0.3 is 15.5 Å². The first-order valence-corrected chi connectivity index (χ1v) is 12.6. The fourth-order valence-corrected chi connectivity index (χ4v) is 5.40. The number of allylic oxidation sites excluding steroid dienone is 2. The van der Waals surface area contributed by atoms with Gasteiger partial charge in [0.2, 0.25) is 0 Å². The highest BCUT2D eigenvalue weighted by Crippen LogP contribution is 2.48. The highest BCUT2D eigenvalue weighted by atomic mass is 16.3. The van der Waals surface area contributed by atoms with Gasteiger partial charge in [0.05, 0.1) is 12.2 Å². The van der Waals surface area contributed by atoms with Crippen LogP contribution < -0.4 is 5.32 Å². The molecule has 0 amide bonds. The minimum absolute atomic E-state index is 0.175. The number of hydrogen-bond acceptors (Lipinski definition) is 3. The highest BCUT2D eigenvalue weighted by Gasteiger charge is 2.43. The van der Waals surface area contributed by atoms with E-state index in [4.69, 9.17) is 0 Å². The topological polar surface area (TPSA) is 52.5 Å². The van der Waals surface area contributed by atoms with Crippen LogP contribution in [0.1, 0.15) is 69.4 Å². The molecule has 0 aromatic heterocycles. The fourth-order valence-electron chi connectivity index (χ4n) is 5.40. The lowest BCUT2D eigenvalue weighted by Crippen LogP contribution is -2.18. The summed E-state index contributed by atoms with van der Waals surface area (Å²) in [5.74, 6) is 1.21.